The summed E-state index contributed by atoms with van der Waals surface area (Å²) in [6, 6.07) is 10.3. The molecule has 1 fully saturated rings. The van der Waals surface area contributed by atoms with Crippen molar-refractivity contribution in [3.05, 3.63) is 41.6 Å². The highest BCUT2D eigenvalue weighted by atomic mass is 16.1. The van der Waals surface area contributed by atoms with Crippen LogP contribution in [0.1, 0.15) is 51.0 Å². The molecular weight excluding hydrogens is 286 g/mol. The Balaban J connectivity index is 1.90. The van der Waals surface area contributed by atoms with Gasteiger partial charge in [0.2, 0.25) is 0 Å². The zero-order valence-corrected chi connectivity index (χ0v) is 13.8. The molecule has 0 aromatic heterocycles. The lowest BCUT2D eigenvalue weighted by atomic mass is 10.1. The predicted molar refractivity (Wildman–Crippen MR) is 92.8 cm³/mol. The Morgan fingerprint density at radius 1 is 1.30 bits per heavy atom. The summed E-state index contributed by atoms with van der Waals surface area (Å²) in [4.78, 5) is 12.1. The van der Waals surface area contributed by atoms with E-state index in [1.165, 1.54) is 24.6 Å². The predicted octanol–water partition coefficient (Wildman–Crippen LogP) is 3.91. The van der Waals surface area contributed by atoms with Gasteiger partial charge in [0.25, 0.3) is 5.91 Å². The van der Waals surface area contributed by atoms with Gasteiger partial charge in [0, 0.05) is 17.9 Å². The quantitative estimate of drug-likeness (QED) is 0.593. The van der Waals surface area contributed by atoms with Crippen LogP contribution < -0.4 is 10.6 Å². The third-order valence-corrected chi connectivity index (χ3v) is 4.21. The van der Waals surface area contributed by atoms with Gasteiger partial charge in [-0.1, -0.05) is 38.3 Å². The molecule has 0 unspecified atom stereocenters. The highest BCUT2D eigenvalue weighted by Crippen LogP contribution is 2.18. The van der Waals surface area contributed by atoms with Crippen LogP contribution in [-0.2, 0) is 11.2 Å². The molecule has 0 atom stereocenters. The maximum absolute atomic E-state index is 12.1. The summed E-state index contributed by atoms with van der Waals surface area (Å²) < 4.78 is 0. The van der Waals surface area contributed by atoms with Gasteiger partial charge in [-0.25, -0.2) is 0 Å². The Morgan fingerprint density at radius 3 is 2.61 bits per heavy atom. The molecule has 4 nitrogen and oxygen atoms in total. The zero-order chi connectivity index (χ0) is 16.5. The lowest BCUT2D eigenvalue weighted by Gasteiger charge is -2.11. The van der Waals surface area contributed by atoms with Crippen molar-refractivity contribution in [2.75, 3.05) is 5.32 Å². The Hall–Kier alpha value is -2.28. The highest BCUT2D eigenvalue weighted by molar-refractivity contribution is 5.97. The van der Waals surface area contributed by atoms with E-state index in [-0.39, 0.29) is 17.5 Å². The van der Waals surface area contributed by atoms with E-state index in [1.807, 2.05) is 18.2 Å². The molecule has 0 spiro atoms. The second-order valence-corrected chi connectivity index (χ2v) is 6.07. The number of nitrogens with one attached hydrogen (secondary N) is 2. The number of unbranched alkanes of at least 4 members (excludes halogenated alkanes) is 1. The minimum Gasteiger partial charge on any atom is -0.360 e. The first kappa shape index (κ1) is 17.1. The van der Waals surface area contributed by atoms with Crippen LogP contribution in [0.3, 0.4) is 0 Å². The Labute approximate surface area is 138 Å². The zero-order valence-electron chi connectivity index (χ0n) is 13.8. The van der Waals surface area contributed by atoms with Gasteiger partial charge in [0.1, 0.15) is 11.6 Å². The van der Waals surface area contributed by atoms with Gasteiger partial charge in [-0.2, -0.15) is 5.26 Å². The summed E-state index contributed by atoms with van der Waals surface area (Å²) in [5, 5.41) is 15.1. The molecule has 1 aliphatic carbocycles. The van der Waals surface area contributed by atoms with Gasteiger partial charge < -0.3 is 10.6 Å². The standard InChI is InChI=1S/C19H25N3O/c1-2-3-6-15-9-11-17(12-10-15)21-14-16(13-20)19(23)22-18-7-4-5-8-18/h9-12,14,18,21H,2-8H2,1H3,(H,22,23)/b16-14-. The van der Waals surface area contributed by atoms with Crippen molar-refractivity contribution < 1.29 is 4.79 Å². The van der Waals surface area contributed by atoms with Crippen molar-refractivity contribution in [1.82, 2.24) is 5.32 Å². The maximum atomic E-state index is 12.1. The van der Waals surface area contributed by atoms with Gasteiger partial charge in [0.15, 0.2) is 0 Å². The molecule has 1 aliphatic rings. The summed E-state index contributed by atoms with van der Waals surface area (Å²) in [6.07, 6.45) is 9.27. The van der Waals surface area contributed by atoms with Gasteiger partial charge in [-0.05, 0) is 43.4 Å². The number of benzene rings is 1. The van der Waals surface area contributed by atoms with E-state index in [9.17, 15) is 10.1 Å². The molecule has 1 aromatic carbocycles. The maximum Gasteiger partial charge on any atom is 0.263 e. The van der Waals surface area contributed by atoms with Crippen molar-refractivity contribution in [2.24, 2.45) is 0 Å². The molecule has 0 aliphatic heterocycles. The average molecular weight is 311 g/mol. The summed E-state index contributed by atoms with van der Waals surface area (Å²) in [5.41, 5.74) is 2.31. The summed E-state index contributed by atoms with van der Waals surface area (Å²) in [5.74, 6) is -0.286. The lowest BCUT2D eigenvalue weighted by molar-refractivity contribution is -0.117. The van der Waals surface area contributed by atoms with E-state index >= 15 is 0 Å². The minimum atomic E-state index is -0.286. The molecule has 122 valence electrons. The number of hydrogen-bond donors (Lipinski definition) is 2. The number of hydrogen-bond acceptors (Lipinski definition) is 3. The minimum absolute atomic E-state index is 0.118. The SMILES string of the molecule is CCCCc1ccc(N/C=C(/C#N)C(=O)NC2CCCC2)cc1. The van der Waals surface area contributed by atoms with Crippen molar-refractivity contribution >= 4 is 11.6 Å². The fourth-order valence-corrected chi connectivity index (χ4v) is 2.79. The van der Waals surface area contributed by atoms with Crippen LogP contribution in [0.4, 0.5) is 5.69 Å². The normalized spacial score (nSPS) is 15.2. The second-order valence-electron chi connectivity index (χ2n) is 6.07. The summed E-state index contributed by atoms with van der Waals surface area (Å²) >= 11 is 0. The van der Waals surface area contributed by atoms with Crippen LogP contribution in [0.2, 0.25) is 0 Å². The number of carbonyl (C=O) groups excluding carboxylic acids is 1. The molecule has 0 radical (unpaired) electrons. The molecule has 4 heteroatoms. The van der Waals surface area contributed by atoms with Crippen molar-refractivity contribution in [2.45, 2.75) is 57.9 Å². The van der Waals surface area contributed by atoms with Crippen LogP contribution in [0.25, 0.3) is 0 Å². The van der Waals surface area contributed by atoms with E-state index in [2.05, 4.69) is 29.7 Å². The first-order chi connectivity index (χ1) is 11.2. The molecule has 0 bridgehead atoms. The monoisotopic (exact) mass is 311 g/mol. The number of nitrogens with zero attached hydrogens (tertiary/aromatic N) is 1. The molecule has 2 N–H and O–H groups in total. The number of nitriles is 1. The fraction of sp³-hybridized carbons (Fsp3) is 0.474. The number of carbonyl (C=O) groups is 1. The van der Waals surface area contributed by atoms with Crippen LogP contribution in [0, 0.1) is 11.3 Å². The number of amides is 1. The van der Waals surface area contributed by atoms with Gasteiger partial charge >= 0.3 is 0 Å². The van der Waals surface area contributed by atoms with Crippen molar-refractivity contribution in [1.29, 1.82) is 5.26 Å². The Morgan fingerprint density at radius 2 is 2.00 bits per heavy atom. The molecule has 23 heavy (non-hydrogen) atoms. The number of rotatable bonds is 7. The molecule has 0 heterocycles. The van der Waals surface area contributed by atoms with Crippen molar-refractivity contribution in [3.8, 4) is 6.07 Å². The molecule has 1 amide bonds. The molecule has 2 rings (SSSR count). The van der Waals surface area contributed by atoms with Gasteiger partial charge in [-0.15, -0.1) is 0 Å². The smallest absolute Gasteiger partial charge is 0.263 e. The summed E-state index contributed by atoms with van der Waals surface area (Å²) in [6.45, 7) is 2.18. The van der Waals surface area contributed by atoms with E-state index in [0.29, 0.717) is 0 Å². The van der Waals surface area contributed by atoms with E-state index in [4.69, 9.17) is 0 Å². The average Bonchev–Trinajstić information content (AvgIpc) is 3.07. The van der Waals surface area contributed by atoms with Crippen LogP contribution in [0.5, 0.6) is 0 Å². The third-order valence-electron chi connectivity index (χ3n) is 4.21. The second kappa shape index (κ2) is 8.99. The Kier molecular flexibility index (Phi) is 6.68. The molecule has 0 saturated heterocycles. The van der Waals surface area contributed by atoms with Crippen LogP contribution in [0.15, 0.2) is 36.0 Å². The first-order valence-corrected chi connectivity index (χ1v) is 8.49. The fourth-order valence-electron chi connectivity index (χ4n) is 2.79. The van der Waals surface area contributed by atoms with E-state index < -0.39 is 0 Å². The van der Waals surface area contributed by atoms with Crippen LogP contribution >= 0.6 is 0 Å². The molecule has 1 aromatic rings. The van der Waals surface area contributed by atoms with E-state index in [0.717, 1.165) is 37.8 Å². The van der Waals surface area contributed by atoms with Gasteiger partial charge in [-0.3, -0.25) is 4.79 Å². The molecule has 1 saturated carbocycles. The summed E-state index contributed by atoms with van der Waals surface area (Å²) in [7, 11) is 0. The first-order valence-electron chi connectivity index (χ1n) is 8.49. The number of aryl methyl sites for hydroxylation is 1. The lowest BCUT2D eigenvalue weighted by Crippen LogP contribution is -2.33. The topological polar surface area (TPSA) is 64.9 Å². The van der Waals surface area contributed by atoms with Gasteiger partial charge in [0.05, 0.1) is 0 Å². The molecular formula is C19H25N3O. The van der Waals surface area contributed by atoms with Crippen LogP contribution in [-0.4, -0.2) is 11.9 Å². The third kappa shape index (κ3) is 5.45. The highest BCUT2D eigenvalue weighted by Gasteiger charge is 2.19. The number of anilines is 1. The van der Waals surface area contributed by atoms with E-state index in [1.54, 1.807) is 0 Å². The van der Waals surface area contributed by atoms with Crippen molar-refractivity contribution in [3.63, 3.8) is 0 Å². The Bertz CT molecular complexity index is 578. The largest absolute Gasteiger partial charge is 0.360 e.